The lowest BCUT2D eigenvalue weighted by Gasteiger charge is -2.18. The Morgan fingerprint density at radius 3 is 2.29 bits per heavy atom. The van der Waals surface area contributed by atoms with Crippen LogP contribution in [0.4, 0.5) is 11.4 Å². The highest BCUT2D eigenvalue weighted by Gasteiger charge is 2.12. The number of carbonyl (C=O) groups excluding carboxylic acids is 1. The number of nitrogens with one attached hydrogen (secondary N) is 1. The number of halogens is 3. The van der Waals surface area contributed by atoms with E-state index >= 15 is 0 Å². The van der Waals surface area contributed by atoms with Crippen molar-refractivity contribution < 1.29 is 4.79 Å². The molecule has 0 saturated carbocycles. The van der Waals surface area contributed by atoms with Gasteiger partial charge in [-0.2, -0.15) is 0 Å². The molecule has 0 aliphatic rings. The molecule has 2 aromatic rings. The van der Waals surface area contributed by atoms with E-state index in [2.05, 4.69) is 10.3 Å². The standard InChI is InChI=1S/C14H12Cl3N3O/c1-20(2)11-4-3-9(15)7-10(11)18-14(21)8-5-12(16)19-13(17)6-8/h3-7H,1-2H3,(H,18,21). The molecule has 0 saturated heterocycles. The zero-order chi connectivity index (χ0) is 15.6. The van der Waals surface area contributed by atoms with E-state index in [1.54, 1.807) is 12.1 Å². The molecular weight excluding hydrogens is 333 g/mol. The van der Waals surface area contributed by atoms with Crippen LogP contribution in [0, 0.1) is 0 Å². The second-order valence-corrected chi connectivity index (χ2v) is 5.72. The van der Waals surface area contributed by atoms with Gasteiger partial charge >= 0.3 is 0 Å². The third kappa shape index (κ3) is 4.00. The predicted octanol–water partition coefficient (Wildman–Crippen LogP) is 4.36. The summed E-state index contributed by atoms with van der Waals surface area (Å²) in [5.74, 6) is -0.341. The Labute approximate surface area is 137 Å². The van der Waals surface area contributed by atoms with Crippen LogP contribution in [-0.4, -0.2) is 25.0 Å². The number of hydrogen-bond donors (Lipinski definition) is 1. The summed E-state index contributed by atoms with van der Waals surface area (Å²) in [6, 6.07) is 8.15. The van der Waals surface area contributed by atoms with Gasteiger partial charge in [-0.15, -0.1) is 0 Å². The number of pyridine rings is 1. The van der Waals surface area contributed by atoms with E-state index in [4.69, 9.17) is 34.8 Å². The molecule has 1 heterocycles. The largest absolute Gasteiger partial charge is 0.376 e. The van der Waals surface area contributed by atoms with Crippen molar-refractivity contribution in [2.75, 3.05) is 24.3 Å². The van der Waals surface area contributed by atoms with Gasteiger partial charge < -0.3 is 10.2 Å². The van der Waals surface area contributed by atoms with Crippen molar-refractivity contribution in [3.63, 3.8) is 0 Å². The average molecular weight is 345 g/mol. The van der Waals surface area contributed by atoms with E-state index < -0.39 is 0 Å². The normalized spacial score (nSPS) is 10.3. The third-order valence-electron chi connectivity index (χ3n) is 2.71. The first-order chi connectivity index (χ1) is 9.86. The highest BCUT2D eigenvalue weighted by Crippen LogP contribution is 2.28. The summed E-state index contributed by atoms with van der Waals surface area (Å²) >= 11 is 17.6. The number of hydrogen-bond acceptors (Lipinski definition) is 3. The summed E-state index contributed by atoms with van der Waals surface area (Å²) in [7, 11) is 3.75. The van der Waals surface area contributed by atoms with Crippen LogP contribution in [0.1, 0.15) is 10.4 Å². The van der Waals surface area contributed by atoms with Crippen LogP contribution < -0.4 is 10.2 Å². The Balaban J connectivity index is 2.33. The highest BCUT2D eigenvalue weighted by molar-refractivity contribution is 6.33. The van der Waals surface area contributed by atoms with E-state index in [9.17, 15) is 4.79 Å². The fourth-order valence-electron chi connectivity index (χ4n) is 1.79. The third-order valence-corrected chi connectivity index (χ3v) is 3.34. The molecule has 0 aliphatic carbocycles. The fourth-order valence-corrected chi connectivity index (χ4v) is 2.42. The zero-order valence-corrected chi connectivity index (χ0v) is 13.6. The van der Waals surface area contributed by atoms with Crippen molar-refractivity contribution in [3.05, 3.63) is 51.2 Å². The van der Waals surface area contributed by atoms with Crippen LogP contribution in [0.15, 0.2) is 30.3 Å². The molecule has 110 valence electrons. The monoisotopic (exact) mass is 343 g/mol. The minimum Gasteiger partial charge on any atom is -0.376 e. The van der Waals surface area contributed by atoms with Crippen molar-refractivity contribution in [2.45, 2.75) is 0 Å². The van der Waals surface area contributed by atoms with Gasteiger partial charge in [0.1, 0.15) is 10.3 Å². The Morgan fingerprint density at radius 1 is 1.10 bits per heavy atom. The molecule has 0 bridgehead atoms. The van der Waals surface area contributed by atoms with E-state index in [1.807, 2.05) is 25.1 Å². The van der Waals surface area contributed by atoms with Crippen LogP contribution in [0.2, 0.25) is 15.3 Å². The lowest BCUT2D eigenvalue weighted by atomic mass is 10.2. The summed E-state index contributed by atoms with van der Waals surface area (Å²) in [5, 5.41) is 3.64. The quantitative estimate of drug-likeness (QED) is 0.841. The van der Waals surface area contributed by atoms with Gasteiger partial charge in [0.15, 0.2) is 0 Å². The molecule has 0 unspecified atom stereocenters. The summed E-state index contributed by atoms with van der Waals surface area (Å²) in [5.41, 5.74) is 1.75. The first-order valence-electron chi connectivity index (χ1n) is 5.98. The molecular formula is C14H12Cl3N3O. The molecule has 1 N–H and O–H groups in total. The molecule has 21 heavy (non-hydrogen) atoms. The van der Waals surface area contributed by atoms with Crippen molar-refractivity contribution in [1.82, 2.24) is 4.98 Å². The Hall–Kier alpha value is -1.49. The predicted molar refractivity (Wildman–Crippen MR) is 88.0 cm³/mol. The van der Waals surface area contributed by atoms with Crippen molar-refractivity contribution in [2.24, 2.45) is 0 Å². The Kier molecular flexibility index (Phi) is 4.93. The van der Waals surface area contributed by atoms with Crippen LogP contribution >= 0.6 is 34.8 Å². The number of anilines is 2. The fraction of sp³-hybridized carbons (Fsp3) is 0.143. The summed E-state index contributed by atoms with van der Waals surface area (Å²) in [6.45, 7) is 0. The summed E-state index contributed by atoms with van der Waals surface area (Å²) < 4.78 is 0. The number of nitrogens with zero attached hydrogens (tertiary/aromatic N) is 2. The van der Waals surface area contributed by atoms with Gasteiger partial charge in [0.25, 0.3) is 5.91 Å². The van der Waals surface area contributed by atoms with Gasteiger partial charge in [0, 0.05) is 24.7 Å². The molecule has 1 amide bonds. The molecule has 0 radical (unpaired) electrons. The summed E-state index contributed by atoms with van der Waals surface area (Å²) in [6.07, 6.45) is 0. The van der Waals surface area contributed by atoms with Gasteiger partial charge in [-0.1, -0.05) is 34.8 Å². The maximum absolute atomic E-state index is 12.3. The minimum absolute atomic E-state index is 0.159. The lowest BCUT2D eigenvalue weighted by Crippen LogP contribution is -2.17. The van der Waals surface area contributed by atoms with E-state index in [0.717, 1.165) is 5.69 Å². The molecule has 1 aromatic carbocycles. The summed E-state index contributed by atoms with van der Waals surface area (Å²) in [4.78, 5) is 18.0. The second-order valence-electron chi connectivity index (χ2n) is 4.51. The number of benzene rings is 1. The number of rotatable bonds is 3. The van der Waals surface area contributed by atoms with Gasteiger partial charge in [-0.05, 0) is 30.3 Å². The highest BCUT2D eigenvalue weighted by atomic mass is 35.5. The maximum Gasteiger partial charge on any atom is 0.255 e. The molecule has 0 aliphatic heterocycles. The molecule has 0 fully saturated rings. The van der Waals surface area contributed by atoms with Gasteiger partial charge in [-0.3, -0.25) is 4.79 Å². The van der Waals surface area contributed by atoms with Crippen molar-refractivity contribution in [3.8, 4) is 0 Å². The Bertz CT molecular complexity index is 669. The number of carbonyl (C=O) groups is 1. The zero-order valence-electron chi connectivity index (χ0n) is 11.3. The van der Waals surface area contributed by atoms with Crippen LogP contribution in [-0.2, 0) is 0 Å². The van der Waals surface area contributed by atoms with Crippen molar-refractivity contribution >= 4 is 52.1 Å². The minimum atomic E-state index is -0.341. The number of amides is 1. The van der Waals surface area contributed by atoms with Gasteiger partial charge in [0.2, 0.25) is 0 Å². The smallest absolute Gasteiger partial charge is 0.255 e. The van der Waals surface area contributed by atoms with Crippen LogP contribution in [0.5, 0.6) is 0 Å². The number of aromatic nitrogens is 1. The van der Waals surface area contributed by atoms with Crippen LogP contribution in [0.3, 0.4) is 0 Å². The molecule has 2 rings (SSSR count). The van der Waals surface area contributed by atoms with E-state index in [0.29, 0.717) is 16.3 Å². The topological polar surface area (TPSA) is 45.2 Å². The molecule has 4 nitrogen and oxygen atoms in total. The first-order valence-corrected chi connectivity index (χ1v) is 7.11. The first kappa shape index (κ1) is 15.9. The van der Waals surface area contributed by atoms with E-state index in [-0.39, 0.29) is 16.2 Å². The van der Waals surface area contributed by atoms with Gasteiger partial charge in [0.05, 0.1) is 11.4 Å². The lowest BCUT2D eigenvalue weighted by molar-refractivity contribution is 0.102. The van der Waals surface area contributed by atoms with E-state index in [1.165, 1.54) is 12.1 Å². The molecule has 1 aromatic heterocycles. The second kappa shape index (κ2) is 6.52. The average Bonchev–Trinajstić information content (AvgIpc) is 2.37. The van der Waals surface area contributed by atoms with Crippen LogP contribution in [0.25, 0.3) is 0 Å². The SMILES string of the molecule is CN(C)c1ccc(Cl)cc1NC(=O)c1cc(Cl)nc(Cl)c1. The molecule has 0 spiro atoms. The molecule has 7 heteroatoms. The maximum atomic E-state index is 12.3. The van der Waals surface area contributed by atoms with Crippen molar-refractivity contribution in [1.29, 1.82) is 0 Å². The Morgan fingerprint density at radius 2 is 1.71 bits per heavy atom. The van der Waals surface area contributed by atoms with Gasteiger partial charge in [-0.25, -0.2) is 4.98 Å². The molecule has 0 atom stereocenters.